The number of morpholine rings is 1. The normalized spacial score (nSPS) is 20.0. The minimum absolute atomic E-state index is 0.0882. The summed E-state index contributed by atoms with van der Waals surface area (Å²) in [5, 5.41) is 0. The molecule has 110 valence electrons. The Morgan fingerprint density at radius 2 is 2.15 bits per heavy atom. The lowest BCUT2D eigenvalue weighted by Gasteiger charge is -2.32. The van der Waals surface area contributed by atoms with Crippen LogP contribution in [0.5, 0.6) is 0 Å². The zero-order valence-electron chi connectivity index (χ0n) is 12.0. The summed E-state index contributed by atoms with van der Waals surface area (Å²) >= 11 is 0. The molecule has 3 nitrogen and oxygen atoms in total. The standard InChI is InChI=1S/C16H22FNO2/c1-2-15-12-18(10-11-20-15)9-3-4-16(19)13-5-7-14(17)8-6-13/h5-8,15H,2-4,9-12H2,1H3. The molecule has 20 heavy (non-hydrogen) atoms. The third-order valence-corrected chi connectivity index (χ3v) is 3.72. The fourth-order valence-corrected chi connectivity index (χ4v) is 2.47. The third kappa shape index (κ3) is 4.39. The van der Waals surface area contributed by atoms with Crippen LogP contribution in [0.3, 0.4) is 0 Å². The molecule has 1 unspecified atom stereocenters. The van der Waals surface area contributed by atoms with Crippen molar-refractivity contribution < 1.29 is 13.9 Å². The maximum atomic E-state index is 12.8. The Hall–Kier alpha value is -1.26. The molecular weight excluding hydrogens is 257 g/mol. The summed E-state index contributed by atoms with van der Waals surface area (Å²) in [7, 11) is 0. The Morgan fingerprint density at radius 3 is 2.85 bits per heavy atom. The van der Waals surface area contributed by atoms with Crippen LogP contribution in [0.2, 0.25) is 0 Å². The minimum Gasteiger partial charge on any atom is -0.376 e. The molecule has 1 aliphatic rings. The van der Waals surface area contributed by atoms with E-state index in [1.165, 1.54) is 12.1 Å². The summed E-state index contributed by atoms with van der Waals surface area (Å²) in [5.74, 6) is -0.217. The van der Waals surface area contributed by atoms with E-state index in [-0.39, 0.29) is 11.6 Å². The van der Waals surface area contributed by atoms with Gasteiger partial charge in [0.1, 0.15) is 5.82 Å². The van der Waals surface area contributed by atoms with Crippen LogP contribution in [0.15, 0.2) is 24.3 Å². The smallest absolute Gasteiger partial charge is 0.162 e. The van der Waals surface area contributed by atoms with Crippen LogP contribution in [0.25, 0.3) is 0 Å². The lowest BCUT2D eigenvalue weighted by atomic mass is 10.1. The summed E-state index contributed by atoms with van der Waals surface area (Å²) < 4.78 is 18.4. The monoisotopic (exact) mass is 279 g/mol. The second kappa shape index (κ2) is 7.50. The highest BCUT2D eigenvalue weighted by atomic mass is 19.1. The quantitative estimate of drug-likeness (QED) is 0.750. The molecule has 2 rings (SSSR count). The van der Waals surface area contributed by atoms with E-state index in [2.05, 4.69) is 11.8 Å². The first-order valence-electron chi connectivity index (χ1n) is 7.31. The number of carbonyl (C=O) groups is 1. The molecular formula is C16H22FNO2. The molecule has 4 heteroatoms. The van der Waals surface area contributed by atoms with Crippen LogP contribution in [-0.4, -0.2) is 43.0 Å². The van der Waals surface area contributed by atoms with E-state index in [1.807, 2.05) is 0 Å². The zero-order chi connectivity index (χ0) is 14.4. The first-order valence-corrected chi connectivity index (χ1v) is 7.31. The van der Waals surface area contributed by atoms with Crippen molar-refractivity contribution in [1.82, 2.24) is 4.90 Å². The number of benzene rings is 1. The molecule has 1 fully saturated rings. The number of nitrogens with zero attached hydrogens (tertiary/aromatic N) is 1. The molecule has 0 N–H and O–H groups in total. The van der Waals surface area contributed by atoms with Crippen LogP contribution in [0, 0.1) is 5.82 Å². The summed E-state index contributed by atoms with van der Waals surface area (Å²) in [6, 6.07) is 5.78. The van der Waals surface area contributed by atoms with Gasteiger partial charge in [-0.2, -0.15) is 0 Å². The fourth-order valence-electron chi connectivity index (χ4n) is 2.47. The van der Waals surface area contributed by atoms with Crippen molar-refractivity contribution in [2.45, 2.75) is 32.3 Å². The summed E-state index contributed by atoms with van der Waals surface area (Å²) in [4.78, 5) is 14.3. The SMILES string of the molecule is CCC1CN(CCCC(=O)c2ccc(F)cc2)CCO1. The topological polar surface area (TPSA) is 29.5 Å². The summed E-state index contributed by atoms with van der Waals surface area (Å²) in [6.07, 6.45) is 2.72. The molecule has 0 saturated carbocycles. The van der Waals surface area contributed by atoms with Gasteiger partial charge in [-0.3, -0.25) is 9.69 Å². The minimum atomic E-state index is -0.305. The van der Waals surface area contributed by atoms with Crippen molar-refractivity contribution in [3.8, 4) is 0 Å². The van der Waals surface area contributed by atoms with Crippen molar-refractivity contribution >= 4 is 5.78 Å². The van der Waals surface area contributed by atoms with Gasteiger partial charge in [0.25, 0.3) is 0 Å². The van der Waals surface area contributed by atoms with Gasteiger partial charge >= 0.3 is 0 Å². The molecule has 0 radical (unpaired) electrons. The number of ketones is 1. The van der Waals surface area contributed by atoms with Gasteiger partial charge in [-0.1, -0.05) is 6.92 Å². The van der Waals surface area contributed by atoms with E-state index < -0.39 is 0 Å². The molecule has 1 aromatic carbocycles. The van der Waals surface area contributed by atoms with Gasteiger partial charge in [-0.15, -0.1) is 0 Å². The molecule has 0 aliphatic carbocycles. The maximum absolute atomic E-state index is 12.8. The van der Waals surface area contributed by atoms with Gasteiger partial charge in [-0.05, 0) is 43.7 Å². The third-order valence-electron chi connectivity index (χ3n) is 3.72. The van der Waals surface area contributed by atoms with E-state index >= 15 is 0 Å². The van der Waals surface area contributed by atoms with Gasteiger partial charge in [0.2, 0.25) is 0 Å². The Balaban J connectivity index is 1.72. The number of hydrogen-bond acceptors (Lipinski definition) is 3. The van der Waals surface area contributed by atoms with E-state index in [0.717, 1.165) is 39.1 Å². The molecule has 1 aromatic rings. The predicted octanol–water partition coefficient (Wildman–Crippen LogP) is 2.90. The van der Waals surface area contributed by atoms with Gasteiger partial charge < -0.3 is 4.74 Å². The van der Waals surface area contributed by atoms with Crippen molar-refractivity contribution in [2.75, 3.05) is 26.2 Å². The number of Topliss-reactive ketones (excluding diaryl/α,β-unsaturated/α-hetero) is 1. The second-order valence-corrected chi connectivity index (χ2v) is 5.24. The van der Waals surface area contributed by atoms with Gasteiger partial charge in [-0.25, -0.2) is 4.39 Å². The van der Waals surface area contributed by atoms with Crippen LogP contribution >= 0.6 is 0 Å². The number of carbonyl (C=O) groups excluding carboxylic acids is 1. The molecule has 1 saturated heterocycles. The Labute approximate surface area is 119 Å². The van der Waals surface area contributed by atoms with E-state index in [0.29, 0.717) is 18.1 Å². The van der Waals surface area contributed by atoms with E-state index in [1.54, 1.807) is 12.1 Å². The Kier molecular flexibility index (Phi) is 5.68. The van der Waals surface area contributed by atoms with E-state index in [4.69, 9.17) is 4.74 Å². The van der Waals surface area contributed by atoms with Gasteiger partial charge in [0.05, 0.1) is 12.7 Å². The number of halogens is 1. The largest absolute Gasteiger partial charge is 0.376 e. The first kappa shape index (κ1) is 15.1. The van der Waals surface area contributed by atoms with Crippen LogP contribution in [0.1, 0.15) is 36.5 Å². The number of rotatable bonds is 6. The number of hydrogen-bond donors (Lipinski definition) is 0. The Morgan fingerprint density at radius 1 is 1.40 bits per heavy atom. The highest BCUT2D eigenvalue weighted by Crippen LogP contribution is 2.11. The molecule has 1 aliphatic heterocycles. The first-order chi connectivity index (χ1) is 9.69. The zero-order valence-corrected chi connectivity index (χ0v) is 12.0. The van der Waals surface area contributed by atoms with Crippen LogP contribution in [-0.2, 0) is 4.74 Å². The molecule has 0 aromatic heterocycles. The number of ether oxygens (including phenoxy) is 1. The molecule has 0 bridgehead atoms. The maximum Gasteiger partial charge on any atom is 0.162 e. The van der Waals surface area contributed by atoms with Gasteiger partial charge in [0.15, 0.2) is 5.78 Å². The highest BCUT2D eigenvalue weighted by Gasteiger charge is 2.18. The predicted molar refractivity (Wildman–Crippen MR) is 76.4 cm³/mol. The van der Waals surface area contributed by atoms with Crippen molar-refractivity contribution in [3.05, 3.63) is 35.6 Å². The Bertz CT molecular complexity index is 433. The average Bonchev–Trinajstić information content (AvgIpc) is 2.48. The van der Waals surface area contributed by atoms with Crippen molar-refractivity contribution in [2.24, 2.45) is 0 Å². The van der Waals surface area contributed by atoms with Crippen molar-refractivity contribution in [3.63, 3.8) is 0 Å². The molecule has 1 heterocycles. The molecule has 0 amide bonds. The van der Waals surface area contributed by atoms with E-state index in [9.17, 15) is 9.18 Å². The molecule has 0 spiro atoms. The highest BCUT2D eigenvalue weighted by molar-refractivity contribution is 5.95. The summed E-state index contributed by atoms with van der Waals surface area (Å²) in [5.41, 5.74) is 0.597. The average molecular weight is 279 g/mol. The summed E-state index contributed by atoms with van der Waals surface area (Å²) in [6.45, 7) is 5.74. The molecule has 1 atom stereocenters. The fraction of sp³-hybridized carbons (Fsp3) is 0.562. The second-order valence-electron chi connectivity index (χ2n) is 5.24. The lowest BCUT2D eigenvalue weighted by Crippen LogP contribution is -2.42. The van der Waals surface area contributed by atoms with Crippen LogP contribution < -0.4 is 0 Å². The lowest BCUT2D eigenvalue weighted by molar-refractivity contribution is -0.0298. The van der Waals surface area contributed by atoms with Crippen molar-refractivity contribution in [1.29, 1.82) is 0 Å². The van der Waals surface area contributed by atoms with Crippen LogP contribution in [0.4, 0.5) is 4.39 Å². The van der Waals surface area contributed by atoms with Gasteiger partial charge in [0, 0.05) is 25.1 Å².